The lowest BCUT2D eigenvalue weighted by atomic mass is 10.3. The summed E-state index contributed by atoms with van der Waals surface area (Å²) in [5.74, 6) is 1.75. The van der Waals surface area contributed by atoms with Gasteiger partial charge in [-0.25, -0.2) is 4.98 Å². The van der Waals surface area contributed by atoms with Crippen molar-refractivity contribution < 1.29 is 4.74 Å². The highest BCUT2D eigenvalue weighted by Crippen LogP contribution is 2.17. The molecule has 4 nitrogen and oxygen atoms in total. The monoisotopic (exact) mass is 267 g/mol. The highest BCUT2D eigenvalue weighted by molar-refractivity contribution is 5.75. The van der Waals surface area contributed by atoms with E-state index in [0.717, 1.165) is 29.2 Å². The third kappa shape index (κ3) is 2.51. The lowest BCUT2D eigenvalue weighted by molar-refractivity contribution is 0.290. The molecular weight excluding hydrogens is 250 g/mol. The first-order valence-corrected chi connectivity index (χ1v) is 6.70. The van der Waals surface area contributed by atoms with Crippen LogP contribution in [0.3, 0.4) is 0 Å². The van der Waals surface area contributed by atoms with Gasteiger partial charge in [0.1, 0.15) is 18.2 Å². The number of benzene rings is 2. The summed E-state index contributed by atoms with van der Waals surface area (Å²) in [5.41, 5.74) is 7.78. The number of nitrogens with zero attached hydrogens (tertiary/aromatic N) is 2. The Bertz CT molecular complexity index is 691. The second-order valence-corrected chi connectivity index (χ2v) is 4.56. The largest absolute Gasteiger partial charge is 0.486 e. The molecule has 2 N–H and O–H groups in total. The Morgan fingerprint density at radius 3 is 2.55 bits per heavy atom. The SMILES string of the molecule is NCCn1c(COc2ccccc2)nc2ccccc21. The molecule has 0 saturated carbocycles. The molecule has 0 saturated heterocycles. The zero-order valence-electron chi connectivity index (χ0n) is 11.2. The number of nitrogens with two attached hydrogens (primary N) is 1. The molecule has 0 aliphatic rings. The van der Waals surface area contributed by atoms with Gasteiger partial charge in [0.25, 0.3) is 0 Å². The number of hydrogen-bond donors (Lipinski definition) is 1. The minimum atomic E-state index is 0.443. The van der Waals surface area contributed by atoms with Gasteiger partial charge in [-0.2, -0.15) is 0 Å². The van der Waals surface area contributed by atoms with Gasteiger partial charge in [-0.1, -0.05) is 30.3 Å². The van der Waals surface area contributed by atoms with E-state index in [1.54, 1.807) is 0 Å². The van der Waals surface area contributed by atoms with Crippen LogP contribution < -0.4 is 10.5 Å². The minimum absolute atomic E-state index is 0.443. The maximum absolute atomic E-state index is 5.78. The summed E-state index contributed by atoms with van der Waals surface area (Å²) in [6.45, 7) is 1.77. The Kier molecular flexibility index (Phi) is 3.65. The normalized spacial score (nSPS) is 10.8. The third-order valence-electron chi connectivity index (χ3n) is 3.20. The molecule has 4 heteroatoms. The van der Waals surface area contributed by atoms with Crippen LogP contribution in [0.4, 0.5) is 0 Å². The van der Waals surface area contributed by atoms with Gasteiger partial charge < -0.3 is 15.0 Å². The lowest BCUT2D eigenvalue weighted by Crippen LogP contribution is -2.14. The molecule has 3 aromatic rings. The highest BCUT2D eigenvalue weighted by atomic mass is 16.5. The van der Waals surface area contributed by atoms with Crippen molar-refractivity contribution in [3.05, 3.63) is 60.4 Å². The van der Waals surface area contributed by atoms with Gasteiger partial charge in [-0.3, -0.25) is 0 Å². The van der Waals surface area contributed by atoms with Gasteiger partial charge >= 0.3 is 0 Å². The summed E-state index contributed by atoms with van der Waals surface area (Å²) in [5, 5.41) is 0. The van der Waals surface area contributed by atoms with Crippen molar-refractivity contribution in [2.75, 3.05) is 6.54 Å². The maximum Gasteiger partial charge on any atom is 0.148 e. The Hall–Kier alpha value is -2.33. The van der Waals surface area contributed by atoms with Gasteiger partial charge in [0.15, 0.2) is 0 Å². The van der Waals surface area contributed by atoms with E-state index in [-0.39, 0.29) is 0 Å². The van der Waals surface area contributed by atoms with Crippen LogP contribution in [0.25, 0.3) is 11.0 Å². The van der Waals surface area contributed by atoms with Crippen molar-refractivity contribution in [2.45, 2.75) is 13.2 Å². The van der Waals surface area contributed by atoms with E-state index in [1.807, 2.05) is 48.5 Å². The zero-order chi connectivity index (χ0) is 13.8. The average Bonchev–Trinajstić information content (AvgIpc) is 2.85. The van der Waals surface area contributed by atoms with E-state index in [9.17, 15) is 0 Å². The predicted octanol–water partition coefficient (Wildman–Crippen LogP) is 2.57. The molecule has 0 unspecified atom stereocenters. The molecule has 0 radical (unpaired) electrons. The number of ether oxygens (including phenoxy) is 1. The average molecular weight is 267 g/mol. The van der Waals surface area contributed by atoms with Crippen LogP contribution in [0.1, 0.15) is 5.82 Å². The van der Waals surface area contributed by atoms with Crippen LogP contribution in [0.15, 0.2) is 54.6 Å². The Labute approximate surface area is 117 Å². The van der Waals surface area contributed by atoms with E-state index >= 15 is 0 Å². The van der Waals surface area contributed by atoms with E-state index in [1.165, 1.54) is 0 Å². The topological polar surface area (TPSA) is 53.1 Å². The quantitative estimate of drug-likeness (QED) is 0.773. The number of rotatable bonds is 5. The number of aromatic nitrogens is 2. The van der Waals surface area contributed by atoms with Gasteiger partial charge in [0.2, 0.25) is 0 Å². The van der Waals surface area contributed by atoms with E-state index < -0.39 is 0 Å². The highest BCUT2D eigenvalue weighted by Gasteiger charge is 2.10. The summed E-state index contributed by atoms with van der Waals surface area (Å²) in [4.78, 5) is 4.63. The maximum atomic E-state index is 5.78. The summed E-state index contributed by atoms with van der Waals surface area (Å²) in [7, 11) is 0. The number of fused-ring (bicyclic) bond motifs is 1. The van der Waals surface area contributed by atoms with Crippen molar-refractivity contribution in [3.8, 4) is 5.75 Å². The van der Waals surface area contributed by atoms with Gasteiger partial charge in [0.05, 0.1) is 11.0 Å². The van der Waals surface area contributed by atoms with E-state index in [2.05, 4.69) is 15.6 Å². The lowest BCUT2D eigenvalue weighted by Gasteiger charge is -2.09. The van der Waals surface area contributed by atoms with Crippen LogP contribution in [0, 0.1) is 0 Å². The summed E-state index contributed by atoms with van der Waals surface area (Å²) in [6.07, 6.45) is 0. The Morgan fingerprint density at radius 2 is 1.75 bits per heavy atom. The number of imidazole rings is 1. The fourth-order valence-electron chi connectivity index (χ4n) is 2.28. The zero-order valence-corrected chi connectivity index (χ0v) is 11.2. The van der Waals surface area contributed by atoms with Crippen molar-refractivity contribution in [1.29, 1.82) is 0 Å². The molecule has 0 aliphatic carbocycles. The standard InChI is InChI=1S/C16H17N3O/c17-10-11-19-15-9-5-4-8-14(15)18-16(19)12-20-13-6-2-1-3-7-13/h1-9H,10-12,17H2. The summed E-state index contributed by atoms with van der Waals surface area (Å²) < 4.78 is 7.91. The molecule has 0 bridgehead atoms. The molecule has 1 aromatic heterocycles. The molecule has 0 aliphatic heterocycles. The molecule has 0 spiro atoms. The molecule has 20 heavy (non-hydrogen) atoms. The third-order valence-corrected chi connectivity index (χ3v) is 3.20. The fourth-order valence-corrected chi connectivity index (χ4v) is 2.28. The first-order chi connectivity index (χ1) is 9.88. The fraction of sp³-hybridized carbons (Fsp3) is 0.188. The second kappa shape index (κ2) is 5.75. The van der Waals surface area contributed by atoms with Crippen molar-refractivity contribution in [1.82, 2.24) is 9.55 Å². The predicted molar refractivity (Wildman–Crippen MR) is 79.6 cm³/mol. The van der Waals surface area contributed by atoms with Crippen molar-refractivity contribution in [3.63, 3.8) is 0 Å². The van der Waals surface area contributed by atoms with Crippen LogP contribution in [0.2, 0.25) is 0 Å². The van der Waals surface area contributed by atoms with E-state index in [4.69, 9.17) is 10.5 Å². The first-order valence-electron chi connectivity index (χ1n) is 6.70. The van der Waals surface area contributed by atoms with Crippen molar-refractivity contribution in [2.24, 2.45) is 5.73 Å². The number of hydrogen-bond acceptors (Lipinski definition) is 3. The second-order valence-electron chi connectivity index (χ2n) is 4.56. The van der Waals surface area contributed by atoms with Crippen molar-refractivity contribution >= 4 is 11.0 Å². The Balaban J connectivity index is 1.88. The number of para-hydroxylation sites is 3. The van der Waals surface area contributed by atoms with Gasteiger partial charge in [-0.15, -0.1) is 0 Å². The first kappa shape index (κ1) is 12.7. The molecular formula is C16H17N3O. The molecule has 0 fully saturated rings. The van der Waals surface area contributed by atoms with Crippen LogP contribution >= 0.6 is 0 Å². The molecule has 1 heterocycles. The molecule has 3 rings (SSSR count). The van der Waals surface area contributed by atoms with Crippen LogP contribution in [-0.2, 0) is 13.2 Å². The molecule has 102 valence electrons. The van der Waals surface area contributed by atoms with Gasteiger partial charge in [0, 0.05) is 13.1 Å². The van der Waals surface area contributed by atoms with E-state index in [0.29, 0.717) is 13.2 Å². The molecule has 0 atom stereocenters. The summed E-state index contributed by atoms with van der Waals surface area (Å²) >= 11 is 0. The molecule has 0 amide bonds. The molecule has 2 aromatic carbocycles. The van der Waals surface area contributed by atoms with Crippen LogP contribution in [0.5, 0.6) is 5.75 Å². The smallest absolute Gasteiger partial charge is 0.148 e. The van der Waals surface area contributed by atoms with Crippen LogP contribution in [-0.4, -0.2) is 16.1 Å². The van der Waals surface area contributed by atoms with Gasteiger partial charge in [-0.05, 0) is 24.3 Å². The Morgan fingerprint density at radius 1 is 1.00 bits per heavy atom. The summed E-state index contributed by atoms with van der Waals surface area (Å²) in [6, 6.07) is 17.8. The minimum Gasteiger partial charge on any atom is -0.486 e.